The van der Waals surface area contributed by atoms with E-state index in [0.29, 0.717) is 18.5 Å². The Morgan fingerprint density at radius 1 is 1.30 bits per heavy atom. The van der Waals surface area contributed by atoms with Gasteiger partial charge in [-0.1, -0.05) is 13.8 Å². The first-order valence-electron chi connectivity index (χ1n) is 9.08. The lowest BCUT2D eigenvalue weighted by Crippen LogP contribution is -2.50. The van der Waals surface area contributed by atoms with Gasteiger partial charge in [-0.05, 0) is 40.5 Å². The van der Waals surface area contributed by atoms with Crippen LogP contribution in [0, 0.1) is 16.2 Å². The van der Waals surface area contributed by atoms with E-state index in [-0.39, 0.29) is 24.6 Å². The molecule has 0 aromatic carbocycles. The molecule has 2 heterocycles. The number of nitrogens with zero attached hydrogens (tertiary/aromatic N) is 2. The van der Waals surface area contributed by atoms with E-state index in [1.165, 1.54) is 10.9 Å². The molecule has 2 fully saturated rings. The highest BCUT2D eigenvalue weighted by atomic mass is 16.6. The van der Waals surface area contributed by atoms with Gasteiger partial charge in [0.25, 0.3) is 5.91 Å². The van der Waals surface area contributed by atoms with Gasteiger partial charge in [-0.3, -0.25) is 14.4 Å². The Bertz CT molecular complexity index is 807. The molecule has 1 aromatic rings. The normalized spacial score (nSPS) is 28.7. The molecule has 2 unspecified atom stereocenters. The summed E-state index contributed by atoms with van der Waals surface area (Å²) >= 11 is 0. The van der Waals surface area contributed by atoms with Crippen molar-refractivity contribution in [2.24, 2.45) is 16.2 Å². The van der Waals surface area contributed by atoms with Gasteiger partial charge >= 0.3 is 11.9 Å². The number of carbonyl (C=O) groups is 3. The summed E-state index contributed by atoms with van der Waals surface area (Å²) in [6.07, 6.45) is 4.15. The van der Waals surface area contributed by atoms with Gasteiger partial charge in [-0.15, -0.1) is 0 Å². The largest absolute Gasteiger partial charge is 0.448 e. The Morgan fingerprint density at radius 3 is 2.48 bits per heavy atom. The second kappa shape index (κ2) is 5.81. The van der Waals surface area contributed by atoms with E-state index < -0.39 is 21.8 Å². The molecule has 1 N–H and O–H groups in total. The van der Waals surface area contributed by atoms with Crippen LogP contribution < -0.4 is 5.32 Å². The van der Waals surface area contributed by atoms with Crippen LogP contribution >= 0.6 is 0 Å². The third kappa shape index (κ3) is 2.73. The first kappa shape index (κ1) is 19.4. The minimum Gasteiger partial charge on any atom is -0.448 e. The number of rotatable bonds is 4. The number of amides is 1. The maximum absolute atomic E-state index is 13.0. The minimum atomic E-state index is -1.18. The molecule has 27 heavy (non-hydrogen) atoms. The lowest BCUT2D eigenvalue weighted by molar-refractivity contribution is -0.165. The molecule has 1 aliphatic carbocycles. The second-order valence-electron chi connectivity index (χ2n) is 9.21. The molecule has 2 atom stereocenters. The summed E-state index contributed by atoms with van der Waals surface area (Å²) in [5.41, 5.74) is -2.60. The number of fused-ring (bicyclic) bond motifs is 2. The predicted molar refractivity (Wildman–Crippen MR) is 96.3 cm³/mol. The van der Waals surface area contributed by atoms with E-state index in [9.17, 15) is 14.4 Å². The van der Waals surface area contributed by atoms with Crippen LogP contribution in [-0.2, 0) is 30.6 Å². The molecule has 3 rings (SSSR count). The monoisotopic (exact) mass is 377 g/mol. The first-order chi connectivity index (χ1) is 12.3. The molecule has 2 aliphatic rings. The minimum absolute atomic E-state index is 0.0460. The Hall–Kier alpha value is -2.38. The van der Waals surface area contributed by atoms with E-state index in [0.717, 1.165) is 0 Å². The van der Waals surface area contributed by atoms with E-state index in [1.807, 2.05) is 20.8 Å². The summed E-state index contributed by atoms with van der Waals surface area (Å²) < 4.78 is 12.2. The maximum atomic E-state index is 13.0. The van der Waals surface area contributed by atoms with Crippen LogP contribution in [-0.4, -0.2) is 33.2 Å². The van der Waals surface area contributed by atoms with Crippen LogP contribution in [0.5, 0.6) is 0 Å². The summed E-state index contributed by atoms with van der Waals surface area (Å²) in [7, 11) is 0. The van der Waals surface area contributed by atoms with Crippen molar-refractivity contribution in [3.8, 4) is 0 Å². The maximum Gasteiger partial charge on any atom is 0.313 e. The van der Waals surface area contributed by atoms with Gasteiger partial charge in [0.2, 0.25) is 0 Å². The molecule has 148 valence electrons. The zero-order chi connectivity index (χ0) is 20.3. The highest BCUT2D eigenvalue weighted by Gasteiger charge is 2.75. The highest BCUT2D eigenvalue weighted by Crippen LogP contribution is 2.65. The number of esters is 2. The van der Waals surface area contributed by atoms with Crippen molar-refractivity contribution in [1.82, 2.24) is 9.78 Å². The van der Waals surface area contributed by atoms with Gasteiger partial charge in [0.1, 0.15) is 0 Å². The fourth-order valence-electron chi connectivity index (χ4n) is 3.82. The summed E-state index contributed by atoms with van der Waals surface area (Å²) in [6.45, 7) is 10.9. The fraction of sp³-hybridized carbons (Fsp3) is 0.684. The summed E-state index contributed by atoms with van der Waals surface area (Å²) in [5.74, 6) is -1.01. The van der Waals surface area contributed by atoms with Crippen LogP contribution in [0.3, 0.4) is 0 Å². The van der Waals surface area contributed by atoms with Gasteiger partial charge in [-0.25, -0.2) is 4.68 Å². The van der Waals surface area contributed by atoms with Crippen molar-refractivity contribution < 1.29 is 23.9 Å². The highest BCUT2D eigenvalue weighted by molar-refractivity contribution is 6.03. The fourth-order valence-corrected chi connectivity index (χ4v) is 3.82. The average molecular weight is 377 g/mol. The van der Waals surface area contributed by atoms with Crippen molar-refractivity contribution in [2.75, 3.05) is 5.32 Å². The van der Waals surface area contributed by atoms with Crippen molar-refractivity contribution in [3.05, 3.63) is 12.4 Å². The number of aromatic nitrogens is 2. The van der Waals surface area contributed by atoms with E-state index >= 15 is 0 Å². The van der Waals surface area contributed by atoms with E-state index in [4.69, 9.17) is 9.47 Å². The van der Waals surface area contributed by atoms with Gasteiger partial charge in [0.05, 0.1) is 28.9 Å². The standard InChI is InChI=1S/C19H27N3O5/c1-16(2,3)14(24)26-11-22-10-12(9-20-22)21-13(23)19-8-7-18(6,15(25)27-19)17(19,4)5/h9-10H,7-8,11H2,1-6H3,(H,21,23). The quantitative estimate of drug-likeness (QED) is 0.809. The van der Waals surface area contributed by atoms with E-state index in [1.54, 1.807) is 27.0 Å². The van der Waals surface area contributed by atoms with Crippen molar-refractivity contribution in [1.29, 1.82) is 0 Å². The average Bonchev–Trinajstić information content (AvgIpc) is 3.12. The summed E-state index contributed by atoms with van der Waals surface area (Å²) in [6, 6.07) is 0. The van der Waals surface area contributed by atoms with Gasteiger partial charge in [0.15, 0.2) is 12.3 Å². The molecular formula is C19H27N3O5. The molecule has 1 saturated heterocycles. The third-order valence-corrected chi connectivity index (χ3v) is 6.28. The Balaban J connectivity index is 1.69. The Kier molecular flexibility index (Phi) is 4.17. The Morgan fingerprint density at radius 2 is 1.96 bits per heavy atom. The van der Waals surface area contributed by atoms with Gasteiger partial charge in [0, 0.05) is 5.41 Å². The topological polar surface area (TPSA) is 99.5 Å². The molecule has 1 aliphatic heterocycles. The molecule has 1 saturated carbocycles. The van der Waals surface area contributed by atoms with Crippen LogP contribution in [0.15, 0.2) is 12.4 Å². The van der Waals surface area contributed by atoms with Crippen LogP contribution in [0.4, 0.5) is 5.69 Å². The summed E-state index contributed by atoms with van der Waals surface area (Å²) in [4.78, 5) is 37.1. The molecular weight excluding hydrogens is 350 g/mol. The van der Waals surface area contributed by atoms with Crippen LogP contribution in [0.2, 0.25) is 0 Å². The number of carbonyl (C=O) groups excluding carboxylic acids is 3. The van der Waals surface area contributed by atoms with Crippen molar-refractivity contribution in [3.63, 3.8) is 0 Å². The number of hydrogen-bond acceptors (Lipinski definition) is 6. The SMILES string of the molecule is CC(C)(C)C(=O)OCn1cc(NC(=O)C23CCC(C)(C(=O)O2)C3(C)C)cn1. The molecule has 2 bridgehead atoms. The molecule has 8 heteroatoms. The molecule has 0 spiro atoms. The molecule has 8 nitrogen and oxygen atoms in total. The number of hydrogen-bond donors (Lipinski definition) is 1. The van der Waals surface area contributed by atoms with Gasteiger partial charge in [-0.2, -0.15) is 5.10 Å². The molecule has 1 amide bonds. The van der Waals surface area contributed by atoms with Crippen LogP contribution in [0.25, 0.3) is 0 Å². The van der Waals surface area contributed by atoms with E-state index in [2.05, 4.69) is 10.4 Å². The third-order valence-electron chi connectivity index (χ3n) is 6.28. The number of anilines is 1. The Labute approximate surface area is 158 Å². The predicted octanol–water partition coefficient (Wildman–Crippen LogP) is 2.49. The zero-order valence-corrected chi connectivity index (χ0v) is 16.7. The van der Waals surface area contributed by atoms with Gasteiger partial charge < -0.3 is 14.8 Å². The first-order valence-corrected chi connectivity index (χ1v) is 9.08. The second-order valence-corrected chi connectivity index (χ2v) is 9.21. The zero-order valence-electron chi connectivity index (χ0n) is 16.7. The number of ether oxygens (including phenoxy) is 2. The lowest BCUT2D eigenvalue weighted by atomic mass is 9.66. The van der Waals surface area contributed by atoms with Crippen molar-refractivity contribution in [2.45, 2.75) is 66.7 Å². The molecule has 1 aromatic heterocycles. The van der Waals surface area contributed by atoms with Crippen LogP contribution in [0.1, 0.15) is 54.4 Å². The lowest BCUT2D eigenvalue weighted by Gasteiger charge is -2.35. The smallest absolute Gasteiger partial charge is 0.313 e. The summed E-state index contributed by atoms with van der Waals surface area (Å²) in [5, 5.41) is 6.88. The number of nitrogens with one attached hydrogen (secondary N) is 1. The van der Waals surface area contributed by atoms with Crippen molar-refractivity contribution >= 4 is 23.5 Å². The molecule has 0 radical (unpaired) electrons.